The summed E-state index contributed by atoms with van der Waals surface area (Å²) in [4.78, 5) is 20.9. The molecule has 2 aromatic heterocycles. The molecule has 114 valence electrons. The Balaban J connectivity index is 2.04. The topological polar surface area (TPSA) is 68.5 Å². The van der Waals surface area contributed by atoms with Gasteiger partial charge in [-0.25, -0.2) is 15.0 Å². The van der Waals surface area contributed by atoms with Crippen molar-refractivity contribution >= 4 is 22.5 Å². The number of aromatic nitrogens is 3. The molecule has 0 saturated carbocycles. The molecule has 1 N–H and O–H groups in total. The summed E-state index contributed by atoms with van der Waals surface area (Å²) in [5.41, 5.74) is 7.11. The van der Waals surface area contributed by atoms with Crippen molar-refractivity contribution in [2.24, 2.45) is 0 Å². The first-order chi connectivity index (χ1) is 10.6. The van der Waals surface area contributed by atoms with Crippen molar-refractivity contribution in [2.75, 3.05) is 7.11 Å². The summed E-state index contributed by atoms with van der Waals surface area (Å²) in [6.45, 7) is 3.98. The molecule has 0 saturated heterocycles. The van der Waals surface area contributed by atoms with Gasteiger partial charge in [-0.15, -0.1) is 0 Å². The molecule has 0 unspecified atom stereocenters. The van der Waals surface area contributed by atoms with E-state index < -0.39 is 0 Å². The Labute approximate surface area is 128 Å². The SMILES string of the molecule is CONC(=O)CCc1c(C)nc2c3ccccc3nn2c1C. The second-order valence-corrected chi connectivity index (χ2v) is 5.24. The number of rotatable bonds is 4. The molecule has 0 aliphatic carbocycles. The molecule has 0 aliphatic rings. The van der Waals surface area contributed by atoms with Crippen molar-refractivity contribution in [3.8, 4) is 0 Å². The minimum Gasteiger partial charge on any atom is -0.277 e. The predicted molar refractivity (Wildman–Crippen MR) is 83.4 cm³/mol. The largest absolute Gasteiger partial charge is 0.277 e. The van der Waals surface area contributed by atoms with E-state index in [4.69, 9.17) is 0 Å². The Morgan fingerprint density at radius 3 is 2.86 bits per heavy atom. The second-order valence-electron chi connectivity index (χ2n) is 5.24. The van der Waals surface area contributed by atoms with E-state index in [0.29, 0.717) is 12.8 Å². The summed E-state index contributed by atoms with van der Waals surface area (Å²) in [6, 6.07) is 7.95. The van der Waals surface area contributed by atoms with Crippen LogP contribution < -0.4 is 5.48 Å². The maximum atomic E-state index is 11.6. The molecule has 1 amide bonds. The Morgan fingerprint density at radius 2 is 2.09 bits per heavy atom. The molecule has 3 aromatic rings. The van der Waals surface area contributed by atoms with Gasteiger partial charge in [0.05, 0.1) is 12.6 Å². The molecular weight excluding hydrogens is 280 g/mol. The number of hydrogen-bond acceptors (Lipinski definition) is 4. The molecule has 0 fully saturated rings. The van der Waals surface area contributed by atoms with Gasteiger partial charge < -0.3 is 0 Å². The Bertz CT molecular complexity index is 854. The molecule has 0 radical (unpaired) electrons. The van der Waals surface area contributed by atoms with Gasteiger partial charge in [0.15, 0.2) is 5.65 Å². The highest BCUT2D eigenvalue weighted by Crippen LogP contribution is 2.22. The Hall–Kier alpha value is -2.47. The van der Waals surface area contributed by atoms with Crippen LogP contribution in [0, 0.1) is 13.8 Å². The van der Waals surface area contributed by atoms with Crippen LogP contribution in [0.15, 0.2) is 24.3 Å². The molecule has 0 bridgehead atoms. The number of fused-ring (bicyclic) bond motifs is 3. The lowest BCUT2D eigenvalue weighted by Crippen LogP contribution is -2.22. The van der Waals surface area contributed by atoms with Crippen LogP contribution in [0.2, 0.25) is 0 Å². The van der Waals surface area contributed by atoms with Crippen LogP contribution >= 0.6 is 0 Å². The number of carbonyl (C=O) groups is 1. The van der Waals surface area contributed by atoms with Gasteiger partial charge in [0, 0.05) is 23.2 Å². The minimum absolute atomic E-state index is 0.146. The fourth-order valence-corrected chi connectivity index (χ4v) is 2.74. The molecule has 22 heavy (non-hydrogen) atoms. The van der Waals surface area contributed by atoms with Gasteiger partial charge in [-0.05, 0) is 38.0 Å². The number of aryl methyl sites for hydroxylation is 2. The number of hydroxylamine groups is 1. The van der Waals surface area contributed by atoms with Gasteiger partial charge in [0.2, 0.25) is 5.91 Å². The maximum absolute atomic E-state index is 11.6. The van der Waals surface area contributed by atoms with Crippen molar-refractivity contribution in [3.05, 3.63) is 41.2 Å². The summed E-state index contributed by atoms with van der Waals surface area (Å²) in [5.74, 6) is -0.146. The normalized spacial score (nSPS) is 11.2. The minimum atomic E-state index is -0.146. The molecule has 0 atom stereocenters. The van der Waals surface area contributed by atoms with Gasteiger partial charge in [-0.3, -0.25) is 9.63 Å². The molecule has 1 aromatic carbocycles. The highest BCUT2D eigenvalue weighted by atomic mass is 16.6. The summed E-state index contributed by atoms with van der Waals surface area (Å²) in [5, 5.41) is 5.65. The fraction of sp³-hybridized carbons (Fsp3) is 0.312. The summed E-state index contributed by atoms with van der Waals surface area (Å²) >= 11 is 0. The zero-order chi connectivity index (χ0) is 15.7. The average Bonchev–Trinajstić information content (AvgIpc) is 2.86. The fourth-order valence-electron chi connectivity index (χ4n) is 2.74. The van der Waals surface area contributed by atoms with E-state index in [1.807, 2.05) is 42.6 Å². The third kappa shape index (κ3) is 2.42. The van der Waals surface area contributed by atoms with E-state index in [2.05, 4.69) is 20.4 Å². The maximum Gasteiger partial charge on any atom is 0.243 e. The number of carbonyl (C=O) groups excluding carboxylic acids is 1. The summed E-state index contributed by atoms with van der Waals surface area (Å²) < 4.78 is 1.86. The molecular formula is C16H18N4O2. The zero-order valence-corrected chi connectivity index (χ0v) is 12.9. The first-order valence-electron chi connectivity index (χ1n) is 7.17. The predicted octanol–water partition coefficient (Wildman–Crippen LogP) is 2.11. The van der Waals surface area contributed by atoms with E-state index in [1.54, 1.807) is 0 Å². The lowest BCUT2D eigenvalue weighted by Gasteiger charge is -2.10. The summed E-state index contributed by atoms with van der Waals surface area (Å²) in [7, 11) is 1.43. The van der Waals surface area contributed by atoms with Gasteiger partial charge in [-0.1, -0.05) is 12.1 Å². The van der Waals surface area contributed by atoms with Crippen molar-refractivity contribution in [2.45, 2.75) is 26.7 Å². The van der Waals surface area contributed by atoms with Gasteiger partial charge in [0.25, 0.3) is 0 Å². The number of amides is 1. The van der Waals surface area contributed by atoms with Crippen LogP contribution in [0.25, 0.3) is 16.6 Å². The van der Waals surface area contributed by atoms with Crippen molar-refractivity contribution in [1.82, 2.24) is 20.1 Å². The van der Waals surface area contributed by atoms with E-state index in [0.717, 1.165) is 33.5 Å². The number of nitrogens with one attached hydrogen (secondary N) is 1. The first-order valence-corrected chi connectivity index (χ1v) is 7.17. The third-order valence-corrected chi connectivity index (χ3v) is 3.84. The average molecular weight is 298 g/mol. The Morgan fingerprint density at radius 1 is 1.32 bits per heavy atom. The number of hydrogen-bond donors (Lipinski definition) is 1. The molecule has 2 heterocycles. The first kappa shape index (κ1) is 14.5. The van der Waals surface area contributed by atoms with E-state index >= 15 is 0 Å². The van der Waals surface area contributed by atoms with Crippen molar-refractivity contribution in [1.29, 1.82) is 0 Å². The quantitative estimate of drug-likeness (QED) is 0.749. The second kappa shape index (κ2) is 5.73. The molecule has 6 nitrogen and oxygen atoms in total. The highest BCUT2D eigenvalue weighted by molar-refractivity contribution is 5.92. The standard InChI is InChI=1S/C16H18N4O2/c1-10-12(8-9-15(21)19-22-3)11(2)20-16(17-10)13-6-4-5-7-14(13)18-20/h4-7H,8-9H2,1-3H3,(H,19,21). The molecule has 0 aliphatic heterocycles. The van der Waals surface area contributed by atoms with E-state index in [1.165, 1.54) is 7.11 Å². The van der Waals surface area contributed by atoms with Crippen LogP contribution in [0.1, 0.15) is 23.4 Å². The van der Waals surface area contributed by atoms with Gasteiger partial charge in [-0.2, -0.15) is 5.10 Å². The van der Waals surface area contributed by atoms with Crippen LogP contribution in [0.4, 0.5) is 0 Å². The van der Waals surface area contributed by atoms with Crippen LogP contribution in [-0.4, -0.2) is 27.6 Å². The summed E-state index contributed by atoms with van der Waals surface area (Å²) in [6.07, 6.45) is 0.954. The lowest BCUT2D eigenvalue weighted by atomic mass is 10.1. The van der Waals surface area contributed by atoms with E-state index in [9.17, 15) is 4.79 Å². The van der Waals surface area contributed by atoms with Crippen LogP contribution in [-0.2, 0) is 16.1 Å². The third-order valence-electron chi connectivity index (χ3n) is 3.84. The van der Waals surface area contributed by atoms with Crippen molar-refractivity contribution in [3.63, 3.8) is 0 Å². The molecule has 0 spiro atoms. The highest BCUT2D eigenvalue weighted by Gasteiger charge is 2.14. The van der Waals surface area contributed by atoms with Gasteiger partial charge >= 0.3 is 0 Å². The number of benzene rings is 1. The monoisotopic (exact) mass is 298 g/mol. The molecule has 3 rings (SSSR count). The smallest absolute Gasteiger partial charge is 0.243 e. The van der Waals surface area contributed by atoms with Crippen molar-refractivity contribution < 1.29 is 9.63 Å². The lowest BCUT2D eigenvalue weighted by molar-refractivity contribution is -0.131. The van der Waals surface area contributed by atoms with Gasteiger partial charge in [0.1, 0.15) is 0 Å². The molecule has 6 heteroatoms. The zero-order valence-electron chi connectivity index (χ0n) is 12.9. The van der Waals surface area contributed by atoms with Crippen LogP contribution in [0.5, 0.6) is 0 Å². The van der Waals surface area contributed by atoms with E-state index in [-0.39, 0.29) is 5.91 Å². The van der Waals surface area contributed by atoms with Crippen LogP contribution in [0.3, 0.4) is 0 Å². The Kier molecular flexibility index (Phi) is 3.77. The number of nitrogens with zero attached hydrogens (tertiary/aromatic N) is 3.